The molecule has 0 aromatic heterocycles. The average Bonchev–Trinajstić information content (AvgIpc) is 3.05. The molecule has 0 spiro atoms. The van der Waals surface area contributed by atoms with Gasteiger partial charge in [-0.1, -0.05) is 0 Å². The number of hydrogen-bond donors (Lipinski definition) is 1. The molecule has 1 amide bonds. The van der Waals surface area contributed by atoms with Crippen molar-refractivity contribution in [3.8, 4) is 0 Å². The highest BCUT2D eigenvalue weighted by Gasteiger charge is 2.51. The SMILES string of the molecule is O=C(NCCCOC12CC3CC(CC(C3)C1)C2)c1ccc(N2CCCS2(=O)=O)cc1. The van der Waals surface area contributed by atoms with Gasteiger partial charge in [0.05, 0.1) is 17.0 Å². The lowest BCUT2D eigenvalue weighted by molar-refractivity contribution is -0.162. The second-order valence-electron chi connectivity index (χ2n) is 9.85. The standard InChI is InChI=1S/C23H32N2O4S/c26-22(20-3-5-21(6-4-20)25-8-2-10-30(25,27)28)24-7-1-9-29-23-14-17-11-18(15-23)13-19(12-17)16-23/h3-6,17-19H,1-2,7-16H2,(H,24,26). The molecule has 1 aliphatic heterocycles. The zero-order valence-corrected chi connectivity index (χ0v) is 18.3. The van der Waals surface area contributed by atoms with Gasteiger partial charge < -0.3 is 10.1 Å². The first-order chi connectivity index (χ1) is 14.4. The zero-order chi connectivity index (χ0) is 20.8. The van der Waals surface area contributed by atoms with Crippen LogP contribution in [0, 0.1) is 17.8 Å². The highest BCUT2D eigenvalue weighted by molar-refractivity contribution is 7.93. The lowest BCUT2D eigenvalue weighted by Crippen LogP contribution is -2.52. The Morgan fingerprint density at radius 1 is 1.07 bits per heavy atom. The normalized spacial score (nSPS) is 33.7. The summed E-state index contributed by atoms with van der Waals surface area (Å²) in [6.45, 7) is 1.81. The summed E-state index contributed by atoms with van der Waals surface area (Å²) < 4.78 is 31.9. The van der Waals surface area contributed by atoms with E-state index in [-0.39, 0.29) is 17.3 Å². The summed E-state index contributed by atoms with van der Waals surface area (Å²) in [5.74, 6) is 2.72. The van der Waals surface area contributed by atoms with Gasteiger partial charge in [-0.2, -0.15) is 0 Å². The Morgan fingerprint density at radius 3 is 2.27 bits per heavy atom. The van der Waals surface area contributed by atoms with Crippen molar-refractivity contribution in [2.24, 2.45) is 17.8 Å². The molecule has 4 aliphatic carbocycles. The summed E-state index contributed by atoms with van der Waals surface area (Å²) in [6, 6.07) is 6.83. The molecular weight excluding hydrogens is 400 g/mol. The second kappa shape index (κ2) is 7.83. The molecule has 0 radical (unpaired) electrons. The Bertz CT molecular complexity index is 861. The molecule has 5 aliphatic rings. The van der Waals surface area contributed by atoms with Gasteiger partial charge in [0.1, 0.15) is 0 Å². The fourth-order valence-corrected chi connectivity index (χ4v) is 8.15. The average molecular weight is 433 g/mol. The number of hydrogen-bond acceptors (Lipinski definition) is 4. The second-order valence-corrected chi connectivity index (χ2v) is 11.9. The molecule has 30 heavy (non-hydrogen) atoms. The quantitative estimate of drug-likeness (QED) is 0.671. The Hall–Kier alpha value is -1.60. The summed E-state index contributed by atoms with van der Waals surface area (Å²) in [5, 5.41) is 2.96. The van der Waals surface area contributed by atoms with E-state index in [2.05, 4.69) is 5.32 Å². The monoisotopic (exact) mass is 432 g/mol. The minimum absolute atomic E-state index is 0.124. The van der Waals surface area contributed by atoms with Gasteiger partial charge in [-0.25, -0.2) is 8.42 Å². The summed E-state index contributed by atoms with van der Waals surface area (Å²) in [4.78, 5) is 12.4. The van der Waals surface area contributed by atoms with Crippen LogP contribution in [-0.2, 0) is 14.8 Å². The third kappa shape index (κ3) is 3.98. The topological polar surface area (TPSA) is 75.7 Å². The molecule has 1 aromatic rings. The van der Waals surface area contributed by atoms with E-state index in [4.69, 9.17) is 4.74 Å². The number of nitrogens with zero attached hydrogens (tertiary/aromatic N) is 1. The van der Waals surface area contributed by atoms with Crippen molar-refractivity contribution in [2.45, 2.75) is 57.0 Å². The molecule has 6 nitrogen and oxygen atoms in total. The van der Waals surface area contributed by atoms with Crippen LogP contribution in [0.4, 0.5) is 5.69 Å². The Morgan fingerprint density at radius 2 is 1.70 bits per heavy atom. The smallest absolute Gasteiger partial charge is 0.251 e. The number of amides is 1. The molecule has 1 saturated heterocycles. The number of benzene rings is 1. The molecule has 4 saturated carbocycles. The predicted molar refractivity (Wildman–Crippen MR) is 116 cm³/mol. The van der Waals surface area contributed by atoms with Crippen LogP contribution in [0.5, 0.6) is 0 Å². The third-order valence-electron chi connectivity index (χ3n) is 7.51. The largest absolute Gasteiger partial charge is 0.375 e. The molecule has 4 bridgehead atoms. The molecule has 0 atom stereocenters. The number of ether oxygens (including phenoxy) is 1. The van der Waals surface area contributed by atoms with Crippen LogP contribution < -0.4 is 9.62 Å². The molecule has 1 heterocycles. The molecule has 0 unspecified atom stereocenters. The number of carbonyl (C=O) groups is 1. The first kappa shape index (κ1) is 20.3. The van der Waals surface area contributed by atoms with Gasteiger partial charge in [-0.3, -0.25) is 9.10 Å². The molecule has 1 N–H and O–H groups in total. The molecular formula is C23H32N2O4S. The molecule has 5 fully saturated rings. The number of nitrogens with one attached hydrogen (secondary N) is 1. The Kier molecular flexibility index (Phi) is 5.30. The van der Waals surface area contributed by atoms with E-state index < -0.39 is 10.0 Å². The highest BCUT2D eigenvalue weighted by Crippen LogP contribution is 2.57. The first-order valence-corrected chi connectivity index (χ1v) is 13.1. The maximum absolute atomic E-state index is 12.4. The van der Waals surface area contributed by atoms with Crippen LogP contribution in [-0.4, -0.2) is 45.4 Å². The molecule has 1 aromatic carbocycles. The van der Waals surface area contributed by atoms with Crippen molar-refractivity contribution < 1.29 is 17.9 Å². The van der Waals surface area contributed by atoms with Crippen LogP contribution in [0.3, 0.4) is 0 Å². The van der Waals surface area contributed by atoms with Crippen LogP contribution in [0.1, 0.15) is 61.7 Å². The fourth-order valence-electron chi connectivity index (χ4n) is 6.58. The van der Waals surface area contributed by atoms with E-state index in [1.54, 1.807) is 24.3 Å². The lowest BCUT2D eigenvalue weighted by Gasteiger charge is -2.56. The van der Waals surface area contributed by atoms with E-state index in [0.717, 1.165) is 24.2 Å². The van der Waals surface area contributed by atoms with Crippen molar-refractivity contribution >= 4 is 21.6 Å². The summed E-state index contributed by atoms with van der Waals surface area (Å²) >= 11 is 0. The van der Waals surface area contributed by atoms with Gasteiger partial charge in [-0.05, 0) is 93.4 Å². The highest BCUT2D eigenvalue weighted by atomic mass is 32.2. The minimum Gasteiger partial charge on any atom is -0.375 e. The maximum atomic E-state index is 12.4. The Labute approximate surface area is 179 Å². The minimum atomic E-state index is -3.19. The van der Waals surface area contributed by atoms with Crippen molar-refractivity contribution in [3.05, 3.63) is 29.8 Å². The zero-order valence-electron chi connectivity index (χ0n) is 17.5. The number of anilines is 1. The van der Waals surface area contributed by atoms with E-state index >= 15 is 0 Å². The summed E-state index contributed by atoms with van der Waals surface area (Å²) in [5.41, 5.74) is 1.31. The fraction of sp³-hybridized carbons (Fsp3) is 0.696. The van der Waals surface area contributed by atoms with Crippen LogP contribution in [0.2, 0.25) is 0 Å². The van der Waals surface area contributed by atoms with Gasteiger partial charge in [0.2, 0.25) is 10.0 Å². The molecule has 164 valence electrons. The number of sulfonamides is 1. The van der Waals surface area contributed by atoms with Gasteiger partial charge >= 0.3 is 0 Å². The van der Waals surface area contributed by atoms with E-state index in [1.807, 2.05) is 0 Å². The molecule has 7 heteroatoms. The lowest BCUT2D eigenvalue weighted by atomic mass is 9.54. The van der Waals surface area contributed by atoms with Gasteiger partial charge in [0.15, 0.2) is 0 Å². The van der Waals surface area contributed by atoms with E-state index in [1.165, 1.54) is 42.8 Å². The summed E-state index contributed by atoms with van der Waals surface area (Å²) in [6.07, 6.45) is 9.44. The van der Waals surface area contributed by atoms with Crippen molar-refractivity contribution in [2.75, 3.05) is 29.8 Å². The van der Waals surface area contributed by atoms with E-state index in [9.17, 15) is 13.2 Å². The van der Waals surface area contributed by atoms with Crippen LogP contribution in [0.25, 0.3) is 0 Å². The Balaban J connectivity index is 1.07. The van der Waals surface area contributed by atoms with Crippen LogP contribution >= 0.6 is 0 Å². The van der Waals surface area contributed by atoms with Gasteiger partial charge in [-0.15, -0.1) is 0 Å². The number of rotatable bonds is 7. The van der Waals surface area contributed by atoms with Gasteiger partial charge in [0.25, 0.3) is 5.91 Å². The number of carbonyl (C=O) groups excluding carboxylic acids is 1. The van der Waals surface area contributed by atoms with Crippen molar-refractivity contribution in [3.63, 3.8) is 0 Å². The predicted octanol–water partition coefficient (Wildman–Crippen LogP) is 3.33. The van der Waals surface area contributed by atoms with Crippen molar-refractivity contribution in [1.82, 2.24) is 5.32 Å². The van der Waals surface area contributed by atoms with Crippen LogP contribution in [0.15, 0.2) is 24.3 Å². The van der Waals surface area contributed by atoms with Crippen molar-refractivity contribution in [1.29, 1.82) is 0 Å². The third-order valence-corrected chi connectivity index (χ3v) is 9.38. The maximum Gasteiger partial charge on any atom is 0.251 e. The molecule has 6 rings (SSSR count). The van der Waals surface area contributed by atoms with E-state index in [0.29, 0.717) is 37.4 Å². The van der Waals surface area contributed by atoms with Gasteiger partial charge in [0, 0.05) is 25.3 Å². The first-order valence-electron chi connectivity index (χ1n) is 11.5. The summed E-state index contributed by atoms with van der Waals surface area (Å²) in [7, 11) is -3.19.